The summed E-state index contributed by atoms with van der Waals surface area (Å²) >= 11 is 0. The third-order valence-corrected chi connectivity index (χ3v) is 5.18. The molecular formula is C25H27F2N3O2. The van der Waals surface area contributed by atoms with Crippen molar-refractivity contribution in [3.63, 3.8) is 0 Å². The van der Waals surface area contributed by atoms with E-state index in [0.717, 1.165) is 18.1 Å². The fourth-order valence-electron chi connectivity index (χ4n) is 3.49. The Bertz CT molecular complexity index is 1010. The van der Waals surface area contributed by atoms with Gasteiger partial charge in [0.25, 0.3) is 5.91 Å². The lowest BCUT2D eigenvalue weighted by Gasteiger charge is -2.25. The number of hydrogen-bond acceptors (Lipinski definition) is 4. The van der Waals surface area contributed by atoms with Gasteiger partial charge in [-0.3, -0.25) is 9.78 Å². The zero-order valence-corrected chi connectivity index (χ0v) is 17.9. The number of aliphatic hydroxyl groups excluding tert-OH is 1. The summed E-state index contributed by atoms with van der Waals surface area (Å²) in [5, 5.41) is 16.8. The van der Waals surface area contributed by atoms with Gasteiger partial charge in [-0.25, -0.2) is 8.78 Å². The number of rotatable bonds is 10. The van der Waals surface area contributed by atoms with E-state index in [2.05, 4.69) is 34.7 Å². The van der Waals surface area contributed by atoms with E-state index in [-0.39, 0.29) is 13.0 Å². The summed E-state index contributed by atoms with van der Waals surface area (Å²) in [6, 6.07) is 13.7. The second-order valence-corrected chi connectivity index (χ2v) is 7.67. The predicted molar refractivity (Wildman–Crippen MR) is 119 cm³/mol. The fraction of sp³-hybridized carbons (Fsp3) is 0.280. The third-order valence-electron chi connectivity index (χ3n) is 5.18. The molecule has 0 saturated heterocycles. The molecule has 0 bridgehead atoms. The van der Waals surface area contributed by atoms with Gasteiger partial charge in [-0.1, -0.05) is 31.2 Å². The van der Waals surface area contributed by atoms with Gasteiger partial charge in [0.1, 0.15) is 11.6 Å². The van der Waals surface area contributed by atoms with E-state index in [9.17, 15) is 18.7 Å². The van der Waals surface area contributed by atoms with Crippen molar-refractivity contribution >= 4 is 5.91 Å². The molecule has 0 aliphatic rings. The summed E-state index contributed by atoms with van der Waals surface area (Å²) in [6.07, 6.45) is 3.01. The van der Waals surface area contributed by atoms with Gasteiger partial charge in [0.15, 0.2) is 0 Å². The second kappa shape index (κ2) is 11.5. The first-order valence-electron chi connectivity index (χ1n) is 10.6. The molecule has 5 nitrogen and oxygen atoms in total. The number of carbonyl (C=O) groups excluding carboxylic acids is 1. The maximum absolute atomic E-state index is 13.7. The topological polar surface area (TPSA) is 74.2 Å². The zero-order chi connectivity index (χ0) is 22.9. The normalized spacial score (nSPS) is 12.9. The molecule has 0 saturated carbocycles. The Labute approximate surface area is 186 Å². The molecule has 7 heteroatoms. The molecule has 0 unspecified atom stereocenters. The minimum Gasteiger partial charge on any atom is -0.390 e. The first kappa shape index (κ1) is 23.5. The summed E-state index contributed by atoms with van der Waals surface area (Å²) in [6.45, 7) is 2.82. The first-order valence-corrected chi connectivity index (χ1v) is 10.6. The summed E-state index contributed by atoms with van der Waals surface area (Å²) in [5.41, 5.74) is 3.03. The smallest absolute Gasteiger partial charge is 0.251 e. The van der Waals surface area contributed by atoms with Crippen LogP contribution in [0, 0.1) is 11.6 Å². The average molecular weight is 440 g/mol. The lowest BCUT2D eigenvalue weighted by atomic mass is 10.00. The Balaban J connectivity index is 1.68. The number of pyridine rings is 1. The number of hydrogen-bond donors (Lipinski definition) is 3. The molecule has 0 fully saturated rings. The minimum absolute atomic E-state index is 0.0691. The van der Waals surface area contributed by atoms with Crippen molar-refractivity contribution in [3.8, 4) is 0 Å². The Morgan fingerprint density at radius 2 is 1.69 bits per heavy atom. The van der Waals surface area contributed by atoms with E-state index >= 15 is 0 Å². The molecule has 32 heavy (non-hydrogen) atoms. The van der Waals surface area contributed by atoms with Crippen molar-refractivity contribution in [2.24, 2.45) is 0 Å². The quantitative estimate of drug-likeness (QED) is 0.453. The molecule has 0 aliphatic heterocycles. The predicted octanol–water partition coefficient (Wildman–Crippen LogP) is 3.41. The van der Waals surface area contributed by atoms with Gasteiger partial charge >= 0.3 is 0 Å². The highest BCUT2D eigenvalue weighted by atomic mass is 19.1. The van der Waals surface area contributed by atoms with E-state index < -0.39 is 29.7 Å². The molecule has 1 amide bonds. The molecule has 1 heterocycles. The number of aliphatic hydroxyl groups is 1. The van der Waals surface area contributed by atoms with Gasteiger partial charge in [-0.2, -0.15) is 0 Å². The number of carbonyl (C=O) groups is 1. The lowest BCUT2D eigenvalue weighted by Crippen LogP contribution is -2.48. The molecule has 2 aromatic carbocycles. The Morgan fingerprint density at radius 1 is 1.00 bits per heavy atom. The number of aryl methyl sites for hydroxylation is 1. The Morgan fingerprint density at radius 3 is 2.38 bits per heavy atom. The Hall–Kier alpha value is -3.16. The molecule has 0 aliphatic carbocycles. The van der Waals surface area contributed by atoms with E-state index in [1.165, 1.54) is 30.1 Å². The van der Waals surface area contributed by atoms with Crippen LogP contribution in [0.5, 0.6) is 0 Å². The van der Waals surface area contributed by atoms with Crippen LogP contribution in [0.2, 0.25) is 0 Å². The highest BCUT2D eigenvalue weighted by molar-refractivity contribution is 5.94. The van der Waals surface area contributed by atoms with Gasteiger partial charge in [0, 0.05) is 37.1 Å². The van der Waals surface area contributed by atoms with Crippen LogP contribution in [0.4, 0.5) is 8.78 Å². The summed E-state index contributed by atoms with van der Waals surface area (Å²) in [7, 11) is 0. The summed E-state index contributed by atoms with van der Waals surface area (Å²) in [5.74, 6) is -1.81. The van der Waals surface area contributed by atoms with Crippen LogP contribution >= 0.6 is 0 Å². The standard InChI is InChI=1S/C25H27F2N3O2/c1-2-17-4-3-5-18(10-17)15-29-16-24(31)23(13-19-11-21(26)14-22(27)12-19)30-25(32)20-6-8-28-9-7-20/h3-12,14,23-24,29,31H,2,13,15-16H2,1H3,(H,30,32)/t23-,24+/m0/s1. The number of nitrogens with zero attached hydrogens (tertiary/aromatic N) is 1. The number of amides is 1. The van der Waals surface area contributed by atoms with Crippen molar-refractivity contribution in [2.45, 2.75) is 38.5 Å². The molecule has 3 rings (SSSR count). The summed E-state index contributed by atoms with van der Waals surface area (Å²) in [4.78, 5) is 16.5. The largest absolute Gasteiger partial charge is 0.390 e. The summed E-state index contributed by atoms with van der Waals surface area (Å²) < 4.78 is 27.3. The van der Waals surface area contributed by atoms with Gasteiger partial charge in [0.05, 0.1) is 12.1 Å². The van der Waals surface area contributed by atoms with Crippen molar-refractivity contribution in [1.82, 2.24) is 15.6 Å². The molecule has 3 N–H and O–H groups in total. The highest BCUT2D eigenvalue weighted by Gasteiger charge is 2.23. The molecule has 168 valence electrons. The van der Waals surface area contributed by atoms with Crippen LogP contribution in [0.3, 0.4) is 0 Å². The molecule has 0 radical (unpaired) electrons. The molecule has 3 aromatic rings. The molecular weight excluding hydrogens is 412 g/mol. The van der Waals surface area contributed by atoms with Crippen LogP contribution in [0.25, 0.3) is 0 Å². The zero-order valence-electron chi connectivity index (χ0n) is 17.9. The number of halogens is 2. The molecule has 2 atom stereocenters. The van der Waals surface area contributed by atoms with Gasteiger partial charge in [-0.05, 0) is 53.8 Å². The van der Waals surface area contributed by atoms with E-state index in [0.29, 0.717) is 17.7 Å². The van der Waals surface area contributed by atoms with Crippen LogP contribution in [-0.2, 0) is 19.4 Å². The number of benzene rings is 2. The number of nitrogens with one attached hydrogen (secondary N) is 2. The third kappa shape index (κ3) is 6.93. The van der Waals surface area contributed by atoms with Crippen molar-refractivity contribution in [3.05, 3.63) is 101 Å². The van der Waals surface area contributed by atoms with E-state index in [1.807, 2.05) is 12.1 Å². The SMILES string of the molecule is CCc1cccc(CNC[C@@H](O)[C@H](Cc2cc(F)cc(F)c2)NC(=O)c2ccncc2)c1. The van der Waals surface area contributed by atoms with Crippen LogP contribution in [0.1, 0.15) is 34.0 Å². The van der Waals surface area contributed by atoms with E-state index in [1.54, 1.807) is 12.1 Å². The maximum atomic E-state index is 13.7. The molecule has 1 aromatic heterocycles. The van der Waals surface area contributed by atoms with E-state index in [4.69, 9.17) is 0 Å². The van der Waals surface area contributed by atoms with Crippen LogP contribution in [0.15, 0.2) is 67.0 Å². The fourth-order valence-corrected chi connectivity index (χ4v) is 3.49. The number of aromatic nitrogens is 1. The van der Waals surface area contributed by atoms with Gasteiger partial charge in [0.2, 0.25) is 0 Å². The monoisotopic (exact) mass is 439 g/mol. The second-order valence-electron chi connectivity index (χ2n) is 7.67. The average Bonchev–Trinajstić information content (AvgIpc) is 2.78. The minimum atomic E-state index is -0.985. The first-order chi connectivity index (χ1) is 15.4. The maximum Gasteiger partial charge on any atom is 0.251 e. The van der Waals surface area contributed by atoms with Gasteiger partial charge < -0.3 is 15.7 Å². The van der Waals surface area contributed by atoms with Crippen molar-refractivity contribution < 1.29 is 18.7 Å². The Kier molecular flexibility index (Phi) is 8.41. The van der Waals surface area contributed by atoms with Crippen LogP contribution in [-0.4, -0.2) is 34.7 Å². The van der Waals surface area contributed by atoms with Crippen LogP contribution < -0.4 is 10.6 Å². The highest BCUT2D eigenvalue weighted by Crippen LogP contribution is 2.13. The molecule has 0 spiro atoms. The lowest BCUT2D eigenvalue weighted by molar-refractivity contribution is 0.0829. The van der Waals surface area contributed by atoms with Gasteiger partial charge in [-0.15, -0.1) is 0 Å². The van der Waals surface area contributed by atoms with Crippen molar-refractivity contribution in [1.29, 1.82) is 0 Å². The van der Waals surface area contributed by atoms with Crippen molar-refractivity contribution in [2.75, 3.05) is 6.54 Å².